The third-order valence-electron chi connectivity index (χ3n) is 4.19. The molecule has 0 unspecified atom stereocenters. The van der Waals surface area contributed by atoms with Crippen LogP contribution in [0.25, 0.3) is 0 Å². The average molecular weight is 360 g/mol. The molecule has 0 radical (unpaired) electrons. The number of esters is 1. The second-order valence-electron chi connectivity index (χ2n) is 6.05. The zero-order valence-electron chi connectivity index (χ0n) is 14.8. The van der Waals surface area contributed by atoms with Crippen LogP contribution in [0.5, 0.6) is 0 Å². The number of anilines is 1. The molecule has 8 heteroatoms. The third-order valence-corrected chi connectivity index (χ3v) is 4.19. The molecule has 0 aliphatic carbocycles. The van der Waals surface area contributed by atoms with Crippen molar-refractivity contribution in [3.05, 3.63) is 29.3 Å². The van der Waals surface area contributed by atoms with Gasteiger partial charge in [-0.1, -0.05) is 6.07 Å². The maximum absolute atomic E-state index is 13.1. The van der Waals surface area contributed by atoms with Gasteiger partial charge in [0.25, 0.3) is 5.91 Å². The lowest BCUT2D eigenvalue weighted by Crippen LogP contribution is -2.45. The van der Waals surface area contributed by atoms with E-state index in [9.17, 15) is 14.7 Å². The van der Waals surface area contributed by atoms with Crippen LogP contribution in [0.1, 0.15) is 42.1 Å². The van der Waals surface area contributed by atoms with Gasteiger partial charge in [-0.2, -0.15) is 5.10 Å². The van der Waals surface area contributed by atoms with Gasteiger partial charge in [0, 0.05) is 19.7 Å². The second-order valence-corrected chi connectivity index (χ2v) is 6.05. The summed E-state index contributed by atoms with van der Waals surface area (Å²) in [5.74, 6) is -0.604. The van der Waals surface area contributed by atoms with Gasteiger partial charge in [-0.05, 0) is 37.0 Å². The van der Waals surface area contributed by atoms with Crippen molar-refractivity contribution in [2.45, 2.75) is 38.8 Å². The molecule has 1 saturated heterocycles. The van der Waals surface area contributed by atoms with Crippen LogP contribution in [-0.2, 0) is 16.1 Å². The number of hydrogen-bond donors (Lipinski definition) is 3. The molecule has 8 nitrogen and oxygen atoms in total. The first-order valence-corrected chi connectivity index (χ1v) is 8.53. The van der Waals surface area contributed by atoms with Crippen LogP contribution in [0, 0.1) is 5.41 Å². The maximum Gasteiger partial charge on any atom is 0.302 e. The molecule has 0 aromatic heterocycles. The van der Waals surface area contributed by atoms with Gasteiger partial charge < -0.3 is 20.2 Å². The maximum atomic E-state index is 13.1. The molecule has 0 saturated carbocycles. The number of benzene rings is 1. The Balaban J connectivity index is 2.31. The Morgan fingerprint density at radius 1 is 1.46 bits per heavy atom. The van der Waals surface area contributed by atoms with Crippen molar-refractivity contribution in [3.63, 3.8) is 0 Å². The summed E-state index contributed by atoms with van der Waals surface area (Å²) in [6.45, 7) is 1.91. The average Bonchev–Trinajstić information content (AvgIpc) is 2.66. The van der Waals surface area contributed by atoms with E-state index in [1.807, 2.05) is 0 Å². The van der Waals surface area contributed by atoms with E-state index >= 15 is 0 Å². The normalized spacial score (nSPS) is 17.2. The summed E-state index contributed by atoms with van der Waals surface area (Å²) in [5.41, 5.74) is 4.32. The zero-order valence-corrected chi connectivity index (χ0v) is 14.8. The number of amides is 1. The Kier molecular flexibility index (Phi) is 7.28. The lowest BCUT2D eigenvalue weighted by Gasteiger charge is -2.35. The van der Waals surface area contributed by atoms with Crippen LogP contribution < -0.4 is 5.43 Å². The van der Waals surface area contributed by atoms with Gasteiger partial charge in [0.05, 0.1) is 30.1 Å². The molecular formula is C18H24N4O4. The van der Waals surface area contributed by atoms with Gasteiger partial charge in [-0.25, -0.2) is 0 Å². The number of likely N-dealkylation sites (tertiary alicyclic amines) is 1. The molecule has 3 N–H and O–H groups in total. The van der Waals surface area contributed by atoms with Crippen molar-refractivity contribution < 1.29 is 19.4 Å². The SMILES string of the molecule is CC(=O)OCc1ccc(N/N=C\C=N)c(C(=O)N2CCCC[C@H]2CO)c1. The zero-order chi connectivity index (χ0) is 18.9. The third kappa shape index (κ3) is 5.13. The smallest absolute Gasteiger partial charge is 0.302 e. The molecule has 26 heavy (non-hydrogen) atoms. The number of rotatable bonds is 7. The monoisotopic (exact) mass is 360 g/mol. The predicted molar refractivity (Wildman–Crippen MR) is 98.6 cm³/mol. The molecule has 1 aliphatic heterocycles. The minimum absolute atomic E-state index is 0.0725. The molecule has 1 amide bonds. The van der Waals surface area contributed by atoms with Crippen molar-refractivity contribution in [1.29, 1.82) is 5.41 Å². The molecule has 1 fully saturated rings. The van der Waals surface area contributed by atoms with Crippen molar-refractivity contribution in [2.24, 2.45) is 5.10 Å². The van der Waals surface area contributed by atoms with Gasteiger partial charge in [0.2, 0.25) is 0 Å². The summed E-state index contributed by atoms with van der Waals surface area (Å²) < 4.78 is 5.01. The Labute approximate surface area is 152 Å². The van der Waals surface area contributed by atoms with Crippen LogP contribution in [-0.4, -0.2) is 53.5 Å². The molecule has 140 valence electrons. The molecule has 0 bridgehead atoms. The fourth-order valence-electron chi connectivity index (χ4n) is 2.90. The van der Waals surface area contributed by atoms with Crippen molar-refractivity contribution in [3.8, 4) is 0 Å². The summed E-state index contributed by atoms with van der Waals surface area (Å²) in [4.78, 5) is 25.8. The first-order valence-electron chi connectivity index (χ1n) is 8.53. The highest BCUT2D eigenvalue weighted by Gasteiger charge is 2.28. The summed E-state index contributed by atoms with van der Waals surface area (Å²) in [6, 6.07) is 4.88. The molecule has 0 spiro atoms. The highest BCUT2D eigenvalue weighted by atomic mass is 16.5. The Bertz CT molecular complexity index is 690. The highest BCUT2D eigenvalue weighted by molar-refractivity contribution is 6.14. The summed E-state index contributed by atoms with van der Waals surface area (Å²) in [6.07, 6.45) is 4.93. The largest absolute Gasteiger partial charge is 0.461 e. The van der Waals surface area contributed by atoms with Gasteiger partial charge in [-0.15, -0.1) is 0 Å². The number of carbonyl (C=O) groups excluding carboxylic acids is 2. The quantitative estimate of drug-likeness (QED) is 0.389. The minimum Gasteiger partial charge on any atom is -0.461 e. The van der Waals surface area contributed by atoms with Crippen LogP contribution in [0.3, 0.4) is 0 Å². The molecule has 1 aromatic rings. The minimum atomic E-state index is -0.396. The number of piperidine rings is 1. The Hall–Kier alpha value is -2.74. The first kappa shape index (κ1) is 19.6. The standard InChI is InChI=1S/C18H24N4O4/c1-13(24)26-12-14-5-6-17(21-20-8-7-19)16(10-14)18(25)22-9-3-2-4-15(22)11-23/h5-8,10,15,19,21,23H,2-4,9,11-12H2,1H3/b19-7?,20-8-/t15-/m0/s1. The molecule has 1 aromatic carbocycles. The highest BCUT2D eigenvalue weighted by Crippen LogP contribution is 2.25. The van der Waals surface area contributed by atoms with E-state index < -0.39 is 5.97 Å². The molecule has 2 rings (SSSR count). The van der Waals surface area contributed by atoms with Crippen LogP contribution in [0.15, 0.2) is 23.3 Å². The fraction of sp³-hybridized carbons (Fsp3) is 0.444. The Morgan fingerprint density at radius 3 is 2.96 bits per heavy atom. The van der Waals surface area contributed by atoms with Crippen molar-refractivity contribution in [1.82, 2.24) is 4.90 Å². The number of ether oxygens (including phenoxy) is 1. The summed E-state index contributed by atoms with van der Waals surface area (Å²) in [5, 5.41) is 20.4. The van der Waals surface area contributed by atoms with E-state index in [1.165, 1.54) is 13.1 Å². The van der Waals surface area contributed by atoms with E-state index in [4.69, 9.17) is 10.1 Å². The first-order chi connectivity index (χ1) is 12.6. The van der Waals surface area contributed by atoms with E-state index in [0.717, 1.165) is 25.5 Å². The van der Waals surface area contributed by atoms with Gasteiger partial charge in [0.15, 0.2) is 0 Å². The molecular weight excluding hydrogens is 336 g/mol. The fourth-order valence-corrected chi connectivity index (χ4v) is 2.90. The summed E-state index contributed by atoms with van der Waals surface area (Å²) in [7, 11) is 0. The number of aliphatic hydroxyl groups excluding tert-OH is 1. The number of carbonyl (C=O) groups is 2. The number of hydrogen-bond acceptors (Lipinski definition) is 7. The van der Waals surface area contributed by atoms with Crippen molar-refractivity contribution >= 4 is 30.0 Å². The van der Waals surface area contributed by atoms with E-state index in [2.05, 4.69) is 10.5 Å². The van der Waals surface area contributed by atoms with E-state index in [-0.39, 0.29) is 25.2 Å². The van der Waals surface area contributed by atoms with Crippen LogP contribution >= 0.6 is 0 Å². The van der Waals surface area contributed by atoms with E-state index in [0.29, 0.717) is 23.4 Å². The number of nitrogens with one attached hydrogen (secondary N) is 2. The van der Waals surface area contributed by atoms with Gasteiger partial charge >= 0.3 is 5.97 Å². The molecule has 1 atom stereocenters. The lowest BCUT2D eigenvalue weighted by atomic mass is 10.00. The Morgan fingerprint density at radius 2 is 2.27 bits per heavy atom. The molecule has 1 aliphatic rings. The van der Waals surface area contributed by atoms with Gasteiger partial charge in [0.1, 0.15) is 6.61 Å². The second kappa shape index (κ2) is 9.67. The molecule has 1 heterocycles. The van der Waals surface area contributed by atoms with E-state index in [1.54, 1.807) is 23.1 Å². The van der Waals surface area contributed by atoms with Crippen LogP contribution in [0.2, 0.25) is 0 Å². The van der Waals surface area contributed by atoms with Crippen LogP contribution in [0.4, 0.5) is 5.69 Å². The number of hydrazone groups is 1. The number of nitrogens with zero attached hydrogens (tertiary/aromatic N) is 2. The number of aliphatic hydroxyl groups is 1. The predicted octanol–water partition coefficient (Wildman–Crippen LogP) is 1.78. The topological polar surface area (TPSA) is 115 Å². The van der Waals surface area contributed by atoms with Crippen molar-refractivity contribution in [2.75, 3.05) is 18.6 Å². The van der Waals surface area contributed by atoms with Gasteiger partial charge in [-0.3, -0.25) is 15.0 Å². The summed E-state index contributed by atoms with van der Waals surface area (Å²) >= 11 is 0. The lowest BCUT2D eigenvalue weighted by molar-refractivity contribution is -0.142.